The number of carbonyl (C=O) groups excluding carboxylic acids is 2. The van der Waals surface area contributed by atoms with E-state index in [1.165, 1.54) is 12.1 Å². The molecule has 0 radical (unpaired) electrons. The van der Waals surface area contributed by atoms with E-state index in [0.717, 1.165) is 24.1 Å². The number of amides is 2. The molecule has 1 saturated heterocycles. The van der Waals surface area contributed by atoms with E-state index in [2.05, 4.69) is 5.32 Å². The average molecular weight is 315 g/mol. The molecule has 0 aliphatic carbocycles. The second kappa shape index (κ2) is 6.87. The first-order valence-electron chi connectivity index (χ1n) is 6.79. The van der Waals surface area contributed by atoms with Crippen LogP contribution in [0.3, 0.4) is 0 Å². The molecule has 1 aliphatic rings. The second-order valence-corrected chi connectivity index (χ2v) is 5.51. The fourth-order valence-corrected chi connectivity index (χ4v) is 2.54. The van der Waals surface area contributed by atoms with Gasteiger partial charge in [0.25, 0.3) is 5.91 Å². The number of piperazine rings is 1. The molecule has 1 aromatic carbocycles. The van der Waals surface area contributed by atoms with E-state index >= 15 is 0 Å². The van der Waals surface area contributed by atoms with Crippen molar-refractivity contribution in [3.8, 4) is 0 Å². The molecule has 7 heteroatoms. The molecular weight excluding hydrogens is 297 g/mol. The molecule has 0 bridgehead atoms. The Balaban J connectivity index is 1.84. The van der Waals surface area contributed by atoms with Crippen LogP contribution in [-0.2, 0) is 9.59 Å². The van der Waals surface area contributed by atoms with Gasteiger partial charge in [0.05, 0.1) is 36.9 Å². The van der Waals surface area contributed by atoms with Crippen molar-refractivity contribution < 1.29 is 18.9 Å². The highest BCUT2D eigenvalue weighted by Crippen LogP contribution is 2.21. The number of quaternary nitrogens is 1. The molecule has 5 nitrogen and oxygen atoms in total. The van der Waals surface area contributed by atoms with Crippen molar-refractivity contribution in [2.45, 2.75) is 6.92 Å². The van der Waals surface area contributed by atoms with Gasteiger partial charge in [0, 0.05) is 6.92 Å². The Morgan fingerprint density at radius 1 is 1.38 bits per heavy atom. The molecule has 21 heavy (non-hydrogen) atoms. The summed E-state index contributed by atoms with van der Waals surface area (Å²) in [6, 6.07) is 3.86. The van der Waals surface area contributed by atoms with Crippen LogP contribution in [0.1, 0.15) is 6.92 Å². The van der Waals surface area contributed by atoms with Gasteiger partial charge in [-0.15, -0.1) is 0 Å². The predicted molar refractivity (Wildman–Crippen MR) is 77.9 cm³/mol. The van der Waals surface area contributed by atoms with Crippen molar-refractivity contribution in [3.63, 3.8) is 0 Å². The average Bonchev–Trinajstić information content (AvgIpc) is 2.42. The fourth-order valence-electron chi connectivity index (χ4n) is 2.33. The minimum atomic E-state index is -0.441. The van der Waals surface area contributed by atoms with Crippen LogP contribution in [-0.4, -0.2) is 49.4 Å². The van der Waals surface area contributed by atoms with Crippen LogP contribution in [0.5, 0.6) is 0 Å². The maximum atomic E-state index is 12.9. The maximum absolute atomic E-state index is 12.9. The van der Waals surface area contributed by atoms with Crippen molar-refractivity contribution in [2.75, 3.05) is 38.0 Å². The van der Waals surface area contributed by atoms with E-state index in [0.29, 0.717) is 25.3 Å². The van der Waals surface area contributed by atoms with Crippen LogP contribution in [0.4, 0.5) is 10.1 Å². The molecule has 1 fully saturated rings. The molecule has 1 aliphatic heterocycles. The lowest BCUT2D eigenvalue weighted by Crippen LogP contribution is -3.15. The molecule has 2 N–H and O–H groups in total. The molecule has 0 unspecified atom stereocenters. The smallest absolute Gasteiger partial charge is 0.279 e. The molecule has 0 spiro atoms. The summed E-state index contributed by atoms with van der Waals surface area (Å²) in [6.45, 7) is 4.66. The third kappa shape index (κ3) is 4.41. The molecule has 0 aromatic heterocycles. The molecule has 1 heterocycles. The summed E-state index contributed by atoms with van der Waals surface area (Å²) in [7, 11) is 0. The zero-order chi connectivity index (χ0) is 15.4. The highest BCUT2D eigenvalue weighted by atomic mass is 35.5. The minimum Gasteiger partial charge on any atom is -0.332 e. The summed E-state index contributed by atoms with van der Waals surface area (Å²) in [6.07, 6.45) is 0. The van der Waals surface area contributed by atoms with Gasteiger partial charge in [-0.1, -0.05) is 11.6 Å². The second-order valence-electron chi connectivity index (χ2n) is 5.11. The summed E-state index contributed by atoms with van der Waals surface area (Å²) in [4.78, 5) is 26.1. The summed E-state index contributed by atoms with van der Waals surface area (Å²) in [5.74, 6) is -0.546. The Morgan fingerprint density at radius 3 is 2.62 bits per heavy atom. The lowest BCUT2D eigenvalue weighted by Gasteiger charge is -2.31. The van der Waals surface area contributed by atoms with Gasteiger partial charge in [-0.05, 0) is 18.2 Å². The first kappa shape index (κ1) is 15.7. The molecule has 1 aromatic rings. The molecule has 0 saturated carbocycles. The van der Waals surface area contributed by atoms with E-state index in [-0.39, 0.29) is 16.8 Å². The van der Waals surface area contributed by atoms with Gasteiger partial charge in [0.15, 0.2) is 6.54 Å². The van der Waals surface area contributed by atoms with Gasteiger partial charge < -0.3 is 15.1 Å². The van der Waals surface area contributed by atoms with Crippen LogP contribution in [0.2, 0.25) is 5.02 Å². The van der Waals surface area contributed by atoms with Crippen LogP contribution in [0.15, 0.2) is 18.2 Å². The first-order chi connectivity index (χ1) is 9.95. The Hall–Kier alpha value is -1.66. The van der Waals surface area contributed by atoms with Crippen molar-refractivity contribution in [3.05, 3.63) is 29.0 Å². The molecule has 2 rings (SSSR count). The van der Waals surface area contributed by atoms with E-state index in [1.54, 1.807) is 11.8 Å². The van der Waals surface area contributed by atoms with Gasteiger partial charge in [0.2, 0.25) is 5.91 Å². The van der Waals surface area contributed by atoms with Gasteiger partial charge in [0.1, 0.15) is 5.82 Å². The molecule has 2 amide bonds. The standard InChI is InChI=1S/C14H17ClFN3O2/c1-10(20)19-6-4-18(5-7-19)9-14(21)17-13-3-2-11(16)8-12(13)15/h2-3,8H,4-7,9H2,1H3,(H,17,21)/p+1. The summed E-state index contributed by atoms with van der Waals surface area (Å²) in [5.41, 5.74) is 0.407. The fraction of sp³-hybridized carbons (Fsp3) is 0.429. The lowest BCUT2D eigenvalue weighted by molar-refractivity contribution is -0.895. The Morgan fingerprint density at radius 2 is 2.05 bits per heavy atom. The molecule has 114 valence electrons. The Kier molecular flexibility index (Phi) is 5.14. The monoisotopic (exact) mass is 314 g/mol. The third-order valence-corrected chi connectivity index (χ3v) is 3.84. The third-order valence-electron chi connectivity index (χ3n) is 3.53. The first-order valence-corrected chi connectivity index (χ1v) is 7.17. The summed E-state index contributed by atoms with van der Waals surface area (Å²) in [5, 5.41) is 2.86. The zero-order valence-corrected chi connectivity index (χ0v) is 12.5. The van der Waals surface area contributed by atoms with Crippen LogP contribution >= 0.6 is 11.6 Å². The number of anilines is 1. The zero-order valence-electron chi connectivity index (χ0n) is 11.8. The normalized spacial score (nSPS) is 15.9. The van der Waals surface area contributed by atoms with Crippen molar-refractivity contribution in [1.29, 1.82) is 0 Å². The van der Waals surface area contributed by atoms with Gasteiger partial charge in [-0.2, -0.15) is 0 Å². The largest absolute Gasteiger partial charge is 0.332 e. The lowest BCUT2D eigenvalue weighted by atomic mass is 10.3. The van der Waals surface area contributed by atoms with E-state index in [9.17, 15) is 14.0 Å². The Bertz CT molecular complexity index is 545. The SMILES string of the molecule is CC(=O)N1CC[NH+](CC(=O)Nc2ccc(F)cc2Cl)CC1. The number of nitrogens with one attached hydrogen (secondary N) is 2. The molecule has 0 atom stereocenters. The maximum Gasteiger partial charge on any atom is 0.279 e. The number of nitrogens with zero attached hydrogens (tertiary/aromatic N) is 1. The summed E-state index contributed by atoms with van der Waals surface area (Å²) < 4.78 is 12.9. The number of hydrogen-bond donors (Lipinski definition) is 2. The number of rotatable bonds is 3. The summed E-state index contributed by atoms with van der Waals surface area (Å²) >= 11 is 5.86. The predicted octanol–water partition coefficient (Wildman–Crippen LogP) is 0.165. The van der Waals surface area contributed by atoms with Crippen LogP contribution in [0, 0.1) is 5.82 Å². The Labute approximate surface area is 127 Å². The highest BCUT2D eigenvalue weighted by Gasteiger charge is 2.23. The van der Waals surface area contributed by atoms with Crippen LogP contribution in [0.25, 0.3) is 0 Å². The number of halogens is 2. The van der Waals surface area contributed by atoms with Crippen molar-refractivity contribution in [2.24, 2.45) is 0 Å². The van der Waals surface area contributed by atoms with Crippen molar-refractivity contribution in [1.82, 2.24) is 4.90 Å². The highest BCUT2D eigenvalue weighted by molar-refractivity contribution is 6.33. The number of carbonyl (C=O) groups is 2. The van der Waals surface area contributed by atoms with Crippen molar-refractivity contribution >= 4 is 29.1 Å². The number of benzene rings is 1. The van der Waals surface area contributed by atoms with Gasteiger partial charge in [-0.3, -0.25) is 9.59 Å². The molecular formula is C14H18ClFN3O2+. The minimum absolute atomic E-state index is 0.0663. The van der Waals surface area contributed by atoms with E-state index < -0.39 is 5.82 Å². The van der Waals surface area contributed by atoms with Gasteiger partial charge >= 0.3 is 0 Å². The van der Waals surface area contributed by atoms with E-state index in [1.807, 2.05) is 0 Å². The quantitative estimate of drug-likeness (QED) is 0.835. The van der Waals surface area contributed by atoms with E-state index in [4.69, 9.17) is 11.6 Å². The van der Waals surface area contributed by atoms with Crippen LogP contribution < -0.4 is 10.2 Å². The number of hydrogen-bond acceptors (Lipinski definition) is 2. The topological polar surface area (TPSA) is 53.9 Å². The van der Waals surface area contributed by atoms with Gasteiger partial charge in [-0.25, -0.2) is 4.39 Å².